The van der Waals surface area contributed by atoms with E-state index < -0.39 is 11.9 Å². The molecule has 0 atom stereocenters. The van der Waals surface area contributed by atoms with E-state index in [-0.39, 0.29) is 12.2 Å². The van der Waals surface area contributed by atoms with Gasteiger partial charge in [0.15, 0.2) is 11.4 Å². The second-order valence-corrected chi connectivity index (χ2v) is 5.45. The highest BCUT2D eigenvalue weighted by molar-refractivity contribution is 9.10. The summed E-state index contributed by atoms with van der Waals surface area (Å²) in [6.45, 7) is 0.0709. The summed E-state index contributed by atoms with van der Waals surface area (Å²) in [5.41, 5.74) is 1.07. The van der Waals surface area contributed by atoms with Crippen LogP contribution in [0.3, 0.4) is 0 Å². The Morgan fingerprint density at radius 1 is 1.26 bits per heavy atom. The highest BCUT2D eigenvalue weighted by Gasteiger charge is 2.16. The van der Waals surface area contributed by atoms with Crippen molar-refractivity contribution >= 4 is 27.8 Å². The van der Waals surface area contributed by atoms with Crippen LogP contribution in [0.1, 0.15) is 16.1 Å². The number of carbonyl (C=O) groups is 2. The number of nitrogens with zero attached hydrogens (tertiary/aromatic N) is 1. The van der Waals surface area contributed by atoms with E-state index in [1.165, 1.54) is 13.3 Å². The van der Waals surface area contributed by atoms with Crippen LogP contribution in [0.15, 0.2) is 47.1 Å². The van der Waals surface area contributed by atoms with Crippen molar-refractivity contribution < 1.29 is 19.1 Å². The van der Waals surface area contributed by atoms with Crippen LogP contribution >= 0.6 is 15.9 Å². The van der Waals surface area contributed by atoms with Crippen LogP contribution in [0, 0.1) is 0 Å². The SMILES string of the molecule is COC(=O)CNC(=O)c1ncc(Br)cc1OCc1ccccc1. The number of hydrogen-bond donors (Lipinski definition) is 1. The van der Waals surface area contributed by atoms with Crippen LogP contribution in [0.2, 0.25) is 0 Å². The van der Waals surface area contributed by atoms with E-state index >= 15 is 0 Å². The summed E-state index contributed by atoms with van der Waals surface area (Å²) in [6, 6.07) is 11.2. The fourth-order valence-corrected chi connectivity index (χ4v) is 2.06. The first-order chi connectivity index (χ1) is 11.1. The van der Waals surface area contributed by atoms with Crippen LogP contribution < -0.4 is 10.1 Å². The van der Waals surface area contributed by atoms with Crippen LogP contribution in [0.4, 0.5) is 0 Å². The minimum Gasteiger partial charge on any atom is -0.486 e. The molecule has 6 nitrogen and oxygen atoms in total. The standard InChI is InChI=1S/C16H15BrN2O4/c1-22-14(20)9-19-16(21)15-13(7-12(17)8-18-15)23-10-11-5-3-2-4-6-11/h2-8H,9-10H2,1H3,(H,19,21). The van der Waals surface area contributed by atoms with Crippen molar-refractivity contribution in [1.29, 1.82) is 0 Å². The number of halogens is 1. The molecule has 2 aromatic rings. The fraction of sp³-hybridized carbons (Fsp3) is 0.188. The Morgan fingerprint density at radius 2 is 2.00 bits per heavy atom. The number of methoxy groups -OCH3 is 1. The van der Waals surface area contributed by atoms with Gasteiger partial charge in [-0.25, -0.2) is 4.98 Å². The lowest BCUT2D eigenvalue weighted by atomic mass is 10.2. The number of carbonyl (C=O) groups excluding carboxylic acids is 2. The molecular formula is C16H15BrN2O4. The smallest absolute Gasteiger partial charge is 0.325 e. The molecule has 0 radical (unpaired) electrons. The summed E-state index contributed by atoms with van der Waals surface area (Å²) >= 11 is 3.30. The van der Waals surface area contributed by atoms with Gasteiger partial charge in [0.2, 0.25) is 0 Å². The van der Waals surface area contributed by atoms with Gasteiger partial charge in [0.05, 0.1) is 7.11 Å². The van der Waals surface area contributed by atoms with Gasteiger partial charge >= 0.3 is 5.97 Å². The van der Waals surface area contributed by atoms with Gasteiger partial charge < -0.3 is 14.8 Å². The Bertz CT molecular complexity index is 692. The molecule has 0 aliphatic rings. The zero-order valence-electron chi connectivity index (χ0n) is 12.4. The van der Waals surface area contributed by atoms with Crippen molar-refractivity contribution in [3.8, 4) is 5.75 Å². The van der Waals surface area contributed by atoms with Gasteiger partial charge in [-0.15, -0.1) is 0 Å². The van der Waals surface area contributed by atoms with Crippen LogP contribution in [-0.4, -0.2) is 30.5 Å². The number of amides is 1. The lowest BCUT2D eigenvalue weighted by Gasteiger charge is -2.11. The van der Waals surface area contributed by atoms with E-state index in [2.05, 4.69) is 31.0 Å². The molecule has 0 saturated carbocycles. The molecule has 0 aliphatic heterocycles. The van der Waals surface area contributed by atoms with E-state index in [0.717, 1.165) is 5.56 Å². The lowest BCUT2D eigenvalue weighted by molar-refractivity contribution is -0.139. The van der Waals surface area contributed by atoms with Gasteiger partial charge in [-0.05, 0) is 27.6 Å². The Kier molecular flexibility index (Phi) is 6.10. The van der Waals surface area contributed by atoms with Crippen LogP contribution in [0.5, 0.6) is 5.75 Å². The lowest BCUT2D eigenvalue weighted by Crippen LogP contribution is -2.31. The van der Waals surface area contributed by atoms with E-state index in [1.54, 1.807) is 6.07 Å². The van der Waals surface area contributed by atoms with Crippen molar-refractivity contribution in [2.24, 2.45) is 0 Å². The molecule has 120 valence electrons. The van der Waals surface area contributed by atoms with Gasteiger partial charge in [-0.2, -0.15) is 0 Å². The first-order valence-electron chi connectivity index (χ1n) is 6.77. The molecule has 1 N–H and O–H groups in total. The van der Waals surface area contributed by atoms with Gasteiger partial charge in [-0.3, -0.25) is 9.59 Å². The summed E-state index contributed by atoms with van der Waals surface area (Å²) in [5, 5.41) is 2.44. The Balaban J connectivity index is 2.10. The molecule has 0 unspecified atom stereocenters. The predicted octanol–water partition coefficient (Wildman–Crippen LogP) is 2.33. The molecule has 23 heavy (non-hydrogen) atoms. The molecule has 0 saturated heterocycles. The van der Waals surface area contributed by atoms with Crippen molar-refractivity contribution in [2.75, 3.05) is 13.7 Å². The molecule has 1 amide bonds. The Hall–Kier alpha value is -2.41. The quantitative estimate of drug-likeness (QED) is 0.780. The molecule has 0 bridgehead atoms. The zero-order valence-corrected chi connectivity index (χ0v) is 14.0. The summed E-state index contributed by atoms with van der Waals surface area (Å²) in [5.74, 6) is -0.723. The highest BCUT2D eigenvalue weighted by Crippen LogP contribution is 2.22. The third-order valence-electron chi connectivity index (χ3n) is 2.89. The molecule has 0 fully saturated rings. The second kappa shape index (κ2) is 8.28. The van der Waals surface area contributed by atoms with Gasteiger partial charge in [0.25, 0.3) is 5.91 Å². The van der Waals surface area contributed by atoms with E-state index in [1.807, 2.05) is 30.3 Å². The normalized spacial score (nSPS) is 10.0. The molecule has 1 aromatic carbocycles. The molecule has 0 spiro atoms. The zero-order chi connectivity index (χ0) is 16.7. The topological polar surface area (TPSA) is 77.5 Å². The maximum atomic E-state index is 12.1. The Labute approximate surface area is 142 Å². The van der Waals surface area contributed by atoms with E-state index in [4.69, 9.17) is 4.74 Å². The Morgan fingerprint density at radius 3 is 2.70 bits per heavy atom. The molecule has 1 aromatic heterocycles. The average molecular weight is 379 g/mol. The van der Waals surface area contributed by atoms with Crippen LogP contribution in [-0.2, 0) is 16.1 Å². The number of esters is 1. The predicted molar refractivity (Wildman–Crippen MR) is 87.1 cm³/mol. The van der Waals surface area contributed by atoms with Crippen LogP contribution in [0.25, 0.3) is 0 Å². The van der Waals surface area contributed by atoms with Gasteiger partial charge in [-0.1, -0.05) is 30.3 Å². The number of pyridine rings is 1. The van der Waals surface area contributed by atoms with E-state index in [9.17, 15) is 9.59 Å². The van der Waals surface area contributed by atoms with Crippen molar-refractivity contribution in [3.63, 3.8) is 0 Å². The summed E-state index contributed by atoms with van der Waals surface area (Å²) in [4.78, 5) is 27.3. The van der Waals surface area contributed by atoms with E-state index in [0.29, 0.717) is 16.8 Å². The number of aromatic nitrogens is 1. The third-order valence-corrected chi connectivity index (χ3v) is 3.33. The maximum Gasteiger partial charge on any atom is 0.325 e. The minimum atomic E-state index is -0.540. The largest absolute Gasteiger partial charge is 0.486 e. The second-order valence-electron chi connectivity index (χ2n) is 4.53. The average Bonchev–Trinajstić information content (AvgIpc) is 2.58. The first kappa shape index (κ1) is 17.0. The van der Waals surface area contributed by atoms with Gasteiger partial charge in [0.1, 0.15) is 13.2 Å². The fourth-order valence-electron chi connectivity index (χ4n) is 1.74. The van der Waals surface area contributed by atoms with Crippen molar-refractivity contribution in [2.45, 2.75) is 6.61 Å². The minimum absolute atomic E-state index is 0.105. The summed E-state index contributed by atoms with van der Waals surface area (Å²) in [6.07, 6.45) is 1.49. The monoisotopic (exact) mass is 378 g/mol. The van der Waals surface area contributed by atoms with Crippen molar-refractivity contribution in [3.05, 3.63) is 58.3 Å². The first-order valence-corrected chi connectivity index (χ1v) is 7.56. The molecule has 1 heterocycles. The number of nitrogens with one attached hydrogen (secondary N) is 1. The number of rotatable bonds is 6. The molecule has 2 rings (SSSR count). The van der Waals surface area contributed by atoms with Crippen molar-refractivity contribution in [1.82, 2.24) is 10.3 Å². The summed E-state index contributed by atoms with van der Waals surface area (Å²) in [7, 11) is 1.25. The number of ether oxygens (including phenoxy) is 2. The number of benzene rings is 1. The third kappa shape index (κ3) is 5.07. The number of hydrogen-bond acceptors (Lipinski definition) is 5. The highest BCUT2D eigenvalue weighted by atomic mass is 79.9. The molecule has 0 aliphatic carbocycles. The maximum absolute atomic E-state index is 12.1. The molecule has 7 heteroatoms. The molecular weight excluding hydrogens is 364 g/mol. The summed E-state index contributed by atoms with van der Waals surface area (Å²) < 4.78 is 10.9. The van der Waals surface area contributed by atoms with Gasteiger partial charge in [0, 0.05) is 10.7 Å².